The molecular formula is C20H22N4O2S. The Balaban J connectivity index is 1.83. The molecule has 0 spiro atoms. The molecule has 2 aromatic carbocycles. The van der Waals surface area contributed by atoms with Crippen LogP contribution in [-0.2, 0) is 0 Å². The molecule has 7 heteroatoms. The summed E-state index contributed by atoms with van der Waals surface area (Å²) in [5.74, 6) is 0.995. The minimum Gasteiger partial charge on any atom is -0.494 e. The lowest BCUT2D eigenvalue weighted by Crippen LogP contribution is -2.09. The maximum absolute atomic E-state index is 12.8. The number of carbonyl (C=O) groups is 1. The van der Waals surface area contributed by atoms with E-state index in [9.17, 15) is 4.79 Å². The second-order valence-corrected chi connectivity index (χ2v) is 7.32. The molecule has 27 heavy (non-hydrogen) atoms. The number of carbonyl (C=O) groups excluding carboxylic acids is 1. The van der Waals surface area contributed by atoms with Gasteiger partial charge in [0, 0.05) is 5.56 Å². The highest BCUT2D eigenvalue weighted by Crippen LogP contribution is 2.27. The van der Waals surface area contributed by atoms with Crippen LogP contribution < -0.4 is 4.74 Å². The third-order valence-corrected chi connectivity index (χ3v) is 5.79. The molecule has 0 saturated heterocycles. The van der Waals surface area contributed by atoms with Crippen LogP contribution in [0.3, 0.4) is 0 Å². The second-order valence-electron chi connectivity index (χ2n) is 6.37. The molecule has 6 nitrogen and oxygen atoms in total. The highest BCUT2D eigenvalue weighted by atomic mass is 32.2. The molecule has 3 aromatic rings. The van der Waals surface area contributed by atoms with Gasteiger partial charge < -0.3 is 4.74 Å². The number of Topliss-reactive ketones (excluding diaryl/α,β-unsaturated/α-hetero) is 1. The highest BCUT2D eigenvalue weighted by molar-refractivity contribution is 7.99. The average molecular weight is 382 g/mol. The first-order valence-electron chi connectivity index (χ1n) is 8.59. The molecule has 3 rings (SSSR count). The van der Waals surface area contributed by atoms with Gasteiger partial charge in [-0.3, -0.25) is 4.79 Å². The van der Waals surface area contributed by atoms with Gasteiger partial charge in [-0.25, -0.2) is 0 Å². The summed E-state index contributed by atoms with van der Waals surface area (Å²) in [4.78, 5) is 12.8. The standard InChI is InChI=1S/C20H22N4O2S/c1-12-10-16(15(4)14(3)13(12)2)18(25)11-27-20-21-22-23-24(20)17-8-6-7-9-19(17)26-5/h6-10H,11H2,1-5H3. The number of ketones is 1. The molecule has 0 aliphatic carbocycles. The van der Waals surface area contributed by atoms with Crippen molar-refractivity contribution in [2.75, 3.05) is 12.9 Å². The van der Waals surface area contributed by atoms with E-state index in [0.717, 1.165) is 22.4 Å². The normalized spacial score (nSPS) is 10.9. The minimum atomic E-state index is 0.0678. The smallest absolute Gasteiger partial charge is 0.214 e. The van der Waals surface area contributed by atoms with Crippen molar-refractivity contribution < 1.29 is 9.53 Å². The van der Waals surface area contributed by atoms with Crippen molar-refractivity contribution in [2.45, 2.75) is 32.9 Å². The quantitative estimate of drug-likeness (QED) is 0.476. The van der Waals surface area contributed by atoms with Crippen molar-refractivity contribution in [3.63, 3.8) is 0 Å². The fourth-order valence-electron chi connectivity index (χ4n) is 2.93. The first-order chi connectivity index (χ1) is 12.9. The maximum Gasteiger partial charge on any atom is 0.214 e. The fourth-order valence-corrected chi connectivity index (χ4v) is 3.70. The van der Waals surface area contributed by atoms with Crippen molar-refractivity contribution in [3.05, 3.63) is 58.1 Å². The first kappa shape index (κ1) is 19.1. The zero-order valence-electron chi connectivity index (χ0n) is 16.1. The molecule has 0 amide bonds. The number of thioether (sulfide) groups is 1. The Morgan fingerprint density at radius 3 is 2.59 bits per heavy atom. The molecule has 1 heterocycles. The zero-order valence-corrected chi connectivity index (χ0v) is 16.9. The van der Waals surface area contributed by atoms with Crippen LogP contribution in [-0.4, -0.2) is 38.9 Å². The van der Waals surface area contributed by atoms with Gasteiger partial charge in [-0.1, -0.05) is 23.9 Å². The number of hydrogen-bond acceptors (Lipinski definition) is 6. The van der Waals surface area contributed by atoms with Crippen LogP contribution in [0.2, 0.25) is 0 Å². The monoisotopic (exact) mass is 382 g/mol. The number of benzene rings is 2. The van der Waals surface area contributed by atoms with E-state index < -0.39 is 0 Å². The van der Waals surface area contributed by atoms with Crippen molar-refractivity contribution >= 4 is 17.5 Å². The van der Waals surface area contributed by atoms with Crippen molar-refractivity contribution in [3.8, 4) is 11.4 Å². The van der Waals surface area contributed by atoms with E-state index >= 15 is 0 Å². The van der Waals surface area contributed by atoms with Crippen LogP contribution in [0.4, 0.5) is 0 Å². The summed E-state index contributed by atoms with van der Waals surface area (Å²) in [6.45, 7) is 8.18. The first-order valence-corrected chi connectivity index (χ1v) is 9.57. The number of aromatic nitrogens is 4. The average Bonchev–Trinajstić information content (AvgIpc) is 3.15. The molecule has 0 aliphatic heterocycles. The fraction of sp³-hybridized carbons (Fsp3) is 0.300. The summed E-state index contributed by atoms with van der Waals surface area (Å²) in [5, 5.41) is 12.4. The topological polar surface area (TPSA) is 69.9 Å². The number of methoxy groups -OCH3 is 1. The van der Waals surface area contributed by atoms with E-state index in [4.69, 9.17) is 4.74 Å². The number of hydrogen-bond donors (Lipinski definition) is 0. The van der Waals surface area contributed by atoms with E-state index in [0.29, 0.717) is 10.9 Å². The largest absolute Gasteiger partial charge is 0.494 e. The molecule has 0 atom stereocenters. The van der Waals surface area contributed by atoms with Crippen molar-refractivity contribution in [1.82, 2.24) is 20.2 Å². The van der Waals surface area contributed by atoms with E-state index in [-0.39, 0.29) is 11.5 Å². The third kappa shape index (κ3) is 3.73. The maximum atomic E-state index is 12.8. The zero-order chi connectivity index (χ0) is 19.6. The second kappa shape index (κ2) is 7.92. The molecular weight excluding hydrogens is 360 g/mol. The van der Waals surface area contributed by atoms with Gasteiger partial charge in [0.25, 0.3) is 0 Å². The molecule has 0 radical (unpaired) electrons. The van der Waals surface area contributed by atoms with Crippen LogP contribution in [0.5, 0.6) is 5.75 Å². The van der Waals surface area contributed by atoms with Crippen LogP contribution in [0.25, 0.3) is 5.69 Å². The minimum absolute atomic E-state index is 0.0678. The molecule has 0 unspecified atom stereocenters. The molecule has 0 bridgehead atoms. The Labute approximate surface area is 162 Å². The van der Waals surface area contributed by atoms with Gasteiger partial charge in [-0.2, -0.15) is 4.68 Å². The van der Waals surface area contributed by atoms with Crippen LogP contribution in [0.1, 0.15) is 32.6 Å². The van der Waals surface area contributed by atoms with E-state index in [1.54, 1.807) is 11.8 Å². The van der Waals surface area contributed by atoms with Gasteiger partial charge in [0.1, 0.15) is 11.4 Å². The van der Waals surface area contributed by atoms with E-state index in [1.165, 1.54) is 22.9 Å². The molecule has 0 aliphatic rings. The molecule has 0 N–H and O–H groups in total. The van der Waals surface area contributed by atoms with Crippen molar-refractivity contribution in [2.24, 2.45) is 0 Å². The summed E-state index contributed by atoms with van der Waals surface area (Å²) >= 11 is 1.32. The van der Waals surface area contributed by atoms with Gasteiger partial charge in [0.2, 0.25) is 5.16 Å². The Bertz CT molecular complexity index is 998. The lowest BCUT2D eigenvalue weighted by Gasteiger charge is -2.13. The van der Waals surface area contributed by atoms with E-state index in [1.807, 2.05) is 44.2 Å². The van der Waals surface area contributed by atoms with Crippen LogP contribution in [0, 0.1) is 27.7 Å². The lowest BCUT2D eigenvalue weighted by atomic mass is 9.93. The van der Waals surface area contributed by atoms with Gasteiger partial charge in [-0.05, 0) is 78.6 Å². The summed E-state index contributed by atoms with van der Waals surface area (Å²) in [6.07, 6.45) is 0. The van der Waals surface area contributed by atoms with Crippen molar-refractivity contribution in [1.29, 1.82) is 0 Å². The van der Waals surface area contributed by atoms with E-state index in [2.05, 4.69) is 29.4 Å². The van der Waals surface area contributed by atoms with Gasteiger partial charge >= 0.3 is 0 Å². The van der Waals surface area contributed by atoms with Gasteiger partial charge in [0.15, 0.2) is 5.78 Å². The molecule has 140 valence electrons. The Kier molecular flexibility index (Phi) is 5.60. The summed E-state index contributed by atoms with van der Waals surface area (Å²) in [7, 11) is 1.60. The lowest BCUT2D eigenvalue weighted by molar-refractivity contribution is 0.102. The predicted molar refractivity (Wildman–Crippen MR) is 106 cm³/mol. The number of para-hydroxylation sites is 2. The molecule has 0 saturated carbocycles. The van der Waals surface area contributed by atoms with Gasteiger partial charge in [0.05, 0.1) is 12.9 Å². The third-order valence-electron chi connectivity index (χ3n) is 4.87. The molecule has 0 fully saturated rings. The number of tetrazole rings is 1. The SMILES string of the molecule is COc1ccccc1-n1nnnc1SCC(=O)c1cc(C)c(C)c(C)c1C. The number of rotatable bonds is 6. The number of nitrogens with zero attached hydrogens (tertiary/aromatic N) is 4. The number of aryl methyl sites for hydroxylation is 1. The predicted octanol–water partition coefficient (Wildman–Crippen LogP) is 3.88. The Hall–Kier alpha value is -2.67. The summed E-state index contributed by atoms with van der Waals surface area (Å²) < 4.78 is 6.97. The number of ether oxygens (including phenoxy) is 1. The Morgan fingerprint density at radius 2 is 1.85 bits per heavy atom. The summed E-state index contributed by atoms with van der Waals surface area (Å²) in [5.41, 5.74) is 6.06. The highest BCUT2D eigenvalue weighted by Gasteiger charge is 2.17. The van der Waals surface area contributed by atoms with Gasteiger partial charge in [-0.15, -0.1) is 5.10 Å². The van der Waals surface area contributed by atoms with Crippen LogP contribution in [0.15, 0.2) is 35.5 Å². The molecule has 1 aromatic heterocycles. The summed E-state index contributed by atoms with van der Waals surface area (Å²) in [6, 6.07) is 9.47. The van der Waals surface area contributed by atoms with Crippen LogP contribution >= 0.6 is 11.8 Å². The Morgan fingerprint density at radius 1 is 1.11 bits per heavy atom.